The van der Waals surface area contributed by atoms with Crippen molar-refractivity contribution in [2.45, 2.75) is 12.5 Å². The maximum absolute atomic E-state index is 12.0. The maximum atomic E-state index is 12.0. The van der Waals surface area contributed by atoms with Crippen LogP contribution in [0.4, 0.5) is 0 Å². The van der Waals surface area contributed by atoms with Gasteiger partial charge >= 0.3 is 5.97 Å². The molecule has 0 radical (unpaired) electrons. The lowest BCUT2D eigenvalue weighted by atomic mass is 10.1. The van der Waals surface area contributed by atoms with Crippen molar-refractivity contribution in [1.29, 1.82) is 0 Å². The number of hydrogen-bond donors (Lipinski definition) is 2. The van der Waals surface area contributed by atoms with Gasteiger partial charge in [0.1, 0.15) is 11.8 Å². The highest BCUT2D eigenvalue weighted by Gasteiger charge is 2.20. The van der Waals surface area contributed by atoms with Gasteiger partial charge in [-0.2, -0.15) is 0 Å². The molecule has 0 heterocycles. The van der Waals surface area contributed by atoms with Crippen LogP contribution >= 0.6 is 27.5 Å². The molecular formula is C17H15BrClNO4. The van der Waals surface area contributed by atoms with Crippen molar-refractivity contribution < 1.29 is 19.4 Å². The quantitative estimate of drug-likeness (QED) is 0.732. The number of amides is 1. The molecule has 0 aromatic heterocycles. The third-order valence-corrected chi connectivity index (χ3v) is 4.02. The van der Waals surface area contributed by atoms with Gasteiger partial charge in [0, 0.05) is 11.4 Å². The molecule has 1 atom stereocenters. The topological polar surface area (TPSA) is 75.6 Å². The second-order valence-electron chi connectivity index (χ2n) is 5.01. The molecule has 1 unspecified atom stereocenters. The fraction of sp³-hybridized carbons (Fsp3) is 0.176. The van der Waals surface area contributed by atoms with Gasteiger partial charge in [-0.3, -0.25) is 4.79 Å². The van der Waals surface area contributed by atoms with E-state index in [0.717, 1.165) is 5.56 Å². The lowest BCUT2D eigenvalue weighted by Gasteiger charge is -2.15. The predicted molar refractivity (Wildman–Crippen MR) is 94.4 cm³/mol. The highest BCUT2D eigenvalue weighted by atomic mass is 79.9. The van der Waals surface area contributed by atoms with E-state index in [-0.39, 0.29) is 13.0 Å². The van der Waals surface area contributed by atoms with Crippen molar-refractivity contribution in [2.24, 2.45) is 0 Å². The van der Waals surface area contributed by atoms with Crippen molar-refractivity contribution >= 4 is 39.4 Å². The van der Waals surface area contributed by atoms with E-state index in [1.807, 2.05) is 30.3 Å². The summed E-state index contributed by atoms with van der Waals surface area (Å²) in [7, 11) is 0. The number of carboxylic acids is 1. The van der Waals surface area contributed by atoms with Crippen LogP contribution in [0, 0.1) is 0 Å². The van der Waals surface area contributed by atoms with Crippen LogP contribution in [-0.4, -0.2) is 29.6 Å². The minimum absolute atomic E-state index is 0.201. The fourth-order valence-electron chi connectivity index (χ4n) is 2.02. The van der Waals surface area contributed by atoms with Crippen LogP contribution in [0.2, 0.25) is 5.02 Å². The molecule has 0 aliphatic rings. The zero-order valence-corrected chi connectivity index (χ0v) is 14.9. The SMILES string of the molecule is O=C(COc1ccc(Cl)cc1Br)NC(Cc1ccccc1)C(=O)O. The van der Waals surface area contributed by atoms with Crippen LogP contribution in [0.25, 0.3) is 0 Å². The smallest absolute Gasteiger partial charge is 0.326 e. The molecule has 0 aliphatic carbocycles. The molecule has 1 amide bonds. The zero-order valence-electron chi connectivity index (χ0n) is 12.5. The Hall–Kier alpha value is -2.05. The minimum atomic E-state index is -1.10. The first kappa shape index (κ1) is 18.3. The van der Waals surface area contributed by atoms with Crippen molar-refractivity contribution in [2.75, 3.05) is 6.61 Å². The molecule has 7 heteroatoms. The van der Waals surface area contributed by atoms with Crippen LogP contribution < -0.4 is 10.1 Å². The molecule has 0 fully saturated rings. The average Bonchev–Trinajstić information content (AvgIpc) is 2.54. The number of carbonyl (C=O) groups excluding carboxylic acids is 1. The summed E-state index contributed by atoms with van der Waals surface area (Å²) in [6.07, 6.45) is 0.201. The molecule has 24 heavy (non-hydrogen) atoms. The lowest BCUT2D eigenvalue weighted by molar-refractivity contribution is -0.142. The number of hydrogen-bond acceptors (Lipinski definition) is 3. The summed E-state index contributed by atoms with van der Waals surface area (Å²) in [5.74, 6) is -1.16. The molecule has 0 saturated carbocycles. The summed E-state index contributed by atoms with van der Waals surface area (Å²) >= 11 is 9.11. The first-order valence-corrected chi connectivity index (χ1v) is 8.27. The van der Waals surface area contributed by atoms with Gasteiger partial charge in [-0.05, 0) is 39.7 Å². The summed E-state index contributed by atoms with van der Waals surface area (Å²) in [6, 6.07) is 13.0. The first-order valence-electron chi connectivity index (χ1n) is 7.09. The van der Waals surface area contributed by atoms with E-state index in [1.165, 1.54) is 0 Å². The summed E-state index contributed by atoms with van der Waals surface area (Å²) in [6.45, 7) is -0.293. The molecule has 0 spiro atoms. The van der Waals surface area contributed by atoms with Crippen molar-refractivity contribution in [3.8, 4) is 5.75 Å². The Labute approximate surface area is 152 Å². The minimum Gasteiger partial charge on any atom is -0.483 e. The van der Waals surface area contributed by atoms with Gasteiger partial charge in [0.05, 0.1) is 4.47 Å². The Balaban J connectivity index is 1.92. The molecule has 2 aromatic rings. The second kappa shape index (κ2) is 8.70. The molecule has 2 rings (SSSR count). The molecule has 5 nitrogen and oxygen atoms in total. The van der Waals surface area contributed by atoms with E-state index in [9.17, 15) is 14.7 Å². The number of rotatable bonds is 7. The lowest BCUT2D eigenvalue weighted by Crippen LogP contribution is -2.44. The molecular weight excluding hydrogens is 398 g/mol. The van der Waals surface area contributed by atoms with Crippen LogP contribution in [0.15, 0.2) is 53.0 Å². The largest absolute Gasteiger partial charge is 0.483 e. The Bertz CT molecular complexity index is 724. The van der Waals surface area contributed by atoms with Gasteiger partial charge in [0.15, 0.2) is 6.61 Å². The number of nitrogens with one attached hydrogen (secondary N) is 1. The third-order valence-electron chi connectivity index (χ3n) is 3.17. The van der Waals surface area contributed by atoms with E-state index in [1.54, 1.807) is 18.2 Å². The summed E-state index contributed by atoms with van der Waals surface area (Å²) in [4.78, 5) is 23.3. The van der Waals surface area contributed by atoms with Gasteiger partial charge in [-0.25, -0.2) is 4.79 Å². The molecule has 0 saturated heterocycles. The van der Waals surface area contributed by atoms with E-state index < -0.39 is 17.9 Å². The van der Waals surface area contributed by atoms with E-state index in [0.29, 0.717) is 15.2 Å². The fourth-order valence-corrected chi connectivity index (χ4v) is 2.82. The molecule has 0 aliphatic heterocycles. The number of carbonyl (C=O) groups is 2. The van der Waals surface area contributed by atoms with Crippen LogP contribution in [-0.2, 0) is 16.0 Å². The van der Waals surface area contributed by atoms with Crippen LogP contribution in [0.1, 0.15) is 5.56 Å². The summed E-state index contributed by atoms with van der Waals surface area (Å²) in [5.41, 5.74) is 0.826. The van der Waals surface area contributed by atoms with Gasteiger partial charge in [0.25, 0.3) is 5.91 Å². The van der Waals surface area contributed by atoms with Gasteiger partial charge < -0.3 is 15.2 Å². The number of carboxylic acid groups (broad SMARTS) is 1. The first-order chi connectivity index (χ1) is 11.5. The van der Waals surface area contributed by atoms with Crippen molar-refractivity contribution in [3.63, 3.8) is 0 Å². The molecule has 2 N–H and O–H groups in total. The number of benzene rings is 2. The zero-order chi connectivity index (χ0) is 17.5. The highest BCUT2D eigenvalue weighted by Crippen LogP contribution is 2.27. The van der Waals surface area contributed by atoms with E-state index in [4.69, 9.17) is 16.3 Å². The molecule has 126 valence electrons. The van der Waals surface area contributed by atoms with Crippen molar-refractivity contribution in [3.05, 3.63) is 63.6 Å². The number of halogens is 2. The number of ether oxygens (including phenoxy) is 1. The average molecular weight is 413 g/mol. The Morgan fingerprint density at radius 1 is 1.21 bits per heavy atom. The normalized spacial score (nSPS) is 11.6. The maximum Gasteiger partial charge on any atom is 0.326 e. The number of aliphatic carboxylic acids is 1. The monoisotopic (exact) mass is 411 g/mol. The summed E-state index contributed by atoms with van der Waals surface area (Å²) < 4.78 is 5.99. The summed E-state index contributed by atoms with van der Waals surface area (Å²) in [5, 5.41) is 12.3. The van der Waals surface area contributed by atoms with E-state index >= 15 is 0 Å². The van der Waals surface area contributed by atoms with Gasteiger partial charge in [-0.1, -0.05) is 41.9 Å². The Kier molecular flexibility index (Phi) is 6.63. The standard InChI is InChI=1S/C17H15BrClNO4/c18-13-9-12(19)6-7-15(13)24-10-16(21)20-14(17(22)23)8-11-4-2-1-3-5-11/h1-7,9,14H,8,10H2,(H,20,21)(H,22,23). The van der Waals surface area contributed by atoms with Crippen LogP contribution in [0.5, 0.6) is 5.75 Å². The Morgan fingerprint density at radius 3 is 2.54 bits per heavy atom. The van der Waals surface area contributed by atoms with Gasteiger partial charge in [-0.15, -0.1) is 0 Å². The van der Waals surface area contributed by atoms with Gasteiger partial charge in [0.2, 0.25) is 0 Å². The molecule has 0 bridgehead atoms. The van der Waals surface area contributed by atoms with E-state index in [2.05, 4.69) is 21.2 Å². The predicted octanol–water partition coefficient (Wildman–Crippen LogP) is 3.29. The Morgan fingerprint density at radius 2 is 1.92 bits per heavy atom. The molecule has 2 aromatic carbocycles. The highest BCUT2D eigenvalue weighted by molar-refractivity contribution is 9.10. The van der Waals surface area contributed by atoms with Crippen LogP contribution in [0.3, 0.4) is 0 Å². The third kappa shape index (κ3) is 5.54. The second-order valence-corrected chi connectivity index (χ2v) is 6.30. The van der Waals surface area contributed by atoms with Crippen molar-refractivity contribution in [1.82, 2.24) is 5.32 Å².